The summed E-state index contributed by atoms with van der Waals surface area (Å²) in [5, 5.41) is 8.78. The van der Waals surface area contributed by atoms with Crippen molar-refractivity contribution in [3.63, 3.8) is 0 Å². The van der Waals surface area contributed by atoms with E-state index in [0.29, 0.717) is 12.1 Å². The lowest BCUT2D eigenvalue weighted by Gasteiger charge is -2.33. The molecule has 5 nitrogen and oxygen atoms in total. The summed E-state index contributed by atoms with van der Waals surface area (Å²) >= 11 is 0. The van der Waals surface area contributed by atoms with Crippen LogP contribution >= 0.6 is 0 Å². The summed E-state index contributed by atoms with van der Waals surface area (Å²) in [6.45, 7) is 2.62. The zero-order valence-electron chi connectivity index (χ0n) is 11.1. The second-order valence-corrected chi connectivity index (χ2v) is 4.58. The Kier molecular flexibility index (Phi) is 3.99. The molecule has 0 unspecified atom stereocenters. The molecule has 1 aromatic carbocycles. The molecule has 0 bridgehead atoms. The second kappa shape index (κ2) is 5.70. The Labute approximate surface area is 116 Å². The Hall–Kier alpha value is -2.42. The van der Waals surface area contributed by atoms with Crippen LogP contribution in [0.2, 0.25) is 0 Å². The van der Waals surface area contributed by atoms with E-state index in [1.807, 2.05) is 6.92 Å². The number of benzene rings is 1. The van der Waals surface area contributed by atoms with Gasteiger partial charge >= 0.3 is 0 Å². The fourth-order valence-electron chi connectivity index (χ4n) is 2.11. The Bertz CT molecular complexity index is 595. The van der Waals surface area contributed by atoms with Gasteiger partial charge in [0.05, 0.1) is 12.1 Å². The van der Waals surface area contributed by atoms with E-state index in [2.05, 4.69) is 0 Å². The summed E-state index contributed by atoms with van der Waals surface area (Å²) in [7, 11) is 0. The van der Waals surface area contributed by atoms with Gasteiger partial charge in [0, 0.05) is 13.1 Å². The molecule has 0 aromatic heterocycles. The Morgan fingerprint density at radius 3 is 2.55 bits per heavy atom. The van der Waals surface area contributed by atoms with Crippen LogP contribution in [-0.2, 0) is 16.1 Å². The van der Waals surface area contributed by atoms with Gasteiger partial charge in [0.1, 0.15) is 18.4 Å². The highest BCUT2D eigenvalue weighted by Crippen LogP contribution is 2.14. The van der Waals surface area contributed by atoms with Crippen LogP contribution in [0.1, 0.15) is 18.1 Å². The zero-order chi connectivity index (χ0) is 14.7. The van der Waals surface area contributed by atoms with Crippen molar-refractivity contribution >= 4 is 11.8 Å². The smallest absolute Gasteiger partial charge is 0.242 e. The van der Waals surface area contributed by atoms with Gasteiger partial charge in [0.15, 0.2) is 0 Å². The average molecular weight is 275 g/mol. The maximum Gasteiger partial charge on any atom is 0.242 e. The third kappa shape index (κ3) is 2.77. The molecule has 1 aliphatic rings. The molecule has 1 aliphatic heterocycles. The summed E-state index contributed by atoms with van der Waals surface area (Å²) in [6, 6.07) is 5.87. The minimum absolute atomic E-state index is 0.0198. The summed E-state index contributed by atoms with van der Waals surface area (Å²) in [5.74, 6) is -0.835. The summed E-state index contributed by atoms with van der Waals surface area (Å²) in [4.78, 5) is 26.6. The van der Waals surface area contributed by atoms with E-state index in [0.717, 1.165) is 0 Å². The fourth-order valence-corrected chi connectivity index (χ4v) is 2.11. The van der Waals surface area contributed by atoms with Gasteiger partial charge < -0.3 is 9.80 Å². The van der Waals surface area contributed by atoms with Crippen LogP contribution in [0.3, 0.4) is 0 Å². The maximum atomic E-state index is 13.2. The van der Waals surface area contributed by atoms with Crippen molar-refractivity contribution in [2.24, 2.45) is 0 Å². The minimum atomic E-state index is -0.588. The van der Waals surface area contributed by atoms with Crippen molar-refractivity contribution in [2.75, 3.05) is 19.6 Å². The van der Waals surface area contributed by atoms with Crippen molar-refractivity contribution in [3.05, 3.63) is 35.1 Å². The SMILES string of the molecule is CCN1CC(=O)N(Cc2ccc(F)c(C#N)c2)CC1=O. The number of rotatable bonds is 3. The molecule has 0 N–H and O–H groups in total. The first-order valence-electron chi connectivity index (χ1n) is 6.29. The van der Waals surface area contributed by atoms with Gasteiger partial charge in [0.25, 0.3) is 0 Å². The van der Waals surface area contributed by atoms with Crippen LogP contribution in [0.4, 0.5) is 4.39 Å². The lowest BCUT2D eigenvalue weighted by Crippen LogP contribution is -2.53. The zero-order valence-corrected chi connectivity index (χ0v) is 11.1. The molecule has 1 saturated heterocycles. The number of piperazine rings is 1. The quantitative estimate of drug-likeness (QED) is 0.823. The van der Waals surface area contributed by atoms with Crippen molar-refractivity contribution in [1.82, 2.24) is 9.80 Å². The monoisotopic (exact) mass is 275 g/mol. The molecule has 0 radical (unpaired) electrons. The highest BCUT2D eigenvalue weighted by atomic mass is 19.1. The first-order chi connectivity index (χ1) is 9.55. The van der Waals surface area contributed by atoms with Gasteiger partial charge in [-0.2, -0.15) is 5.26 Å². The summed E-state index contributed by atoms with van der Waals surface area (Å²) in [5.41, 5.74) is 0.572. The molecule has 0 saturated carbocycles. The highest BCUT2D eigenvalue weighted by molar-refractivity contribution is 5.92. The summed E-state index contributed by atoms with van der Waals surface area (Å²) < 4.78 is 13.2. The predicted molar refractivity (Wildman–Crippen MR) is 68.8 cm³/mol. The van der Waals surface area contributed by atoms with E-state index in [1.54, 1.807) is 6.07 Å². The highest BCUT2D eigenvalue weighted by Gasteiger charge is 2.28. The minimum Gasteiger partial charge on any atom is -0.332 e. The van der Waals surface area contributed by atoms with Crippen LogP contribution in [-0.4, -0.2) is 41.2 Å². The topological polar surface area (TPSA) is 64.4 Å². The van der Waals surface area contributed by atoms with Crippen LogP contribution in [0.25, 0.3) is 0 Å². The Balaban J connectivity index is 2.13. The van der Waals surface area contributed by atoms with Gasteiger partial charge in [-0.25, -0.2) is 4.39 Å². The second-order valence-electron chi connectivity index (χ2n) is 4.58. The molecule has 104 valence electrons. The average Bonchev–Trinajstić information content (AvgIpc) is 2.44. The fraction of sp³-hybridized carbons (Fsp3) is 0.357. The van der Waals surface area contributed by atoms with Crippen LogP contribution in [0.5, 0.6) is 0 Å². The first kappa shape index (κ1) is 14.0. The molecule has 2 rings (SSSR count). The van der Waals surface area contributed by atoms with Crippen molar-refractivity contribution in [2.45, 2.75) is 13.5 Å². The van der Waals surface area contributed by atoms with Gasteiger partial charge in [-0.1, -0.05) is 6.07 Å². The van der Waals surface area contributed by atoms with Gasteiger partial charge in [0.2, 0.25) is 11.8 Å². The van der Waals surface area contributed by atoms with E-state index in [4.69, 9.17) is 5.26 Å². The molecule has 1 fully saturated rings. The Morgan fingerprint density at radius 2 is 1.90 bits per heavy atom. The lowest BCUT2D eigenvalue weighted by molar-refractivity contribution is -0.150. The number of carbonyl (C=O) groups is 2. The molecular formula is C14H14FN3O2. The molecule has 0 atom stereocenters. The van der Waals surface area contributed by atoms with E-state index >= 15 is 0 Å². The van der Waals surface area contributed by atoms with Gasteiger partial charge in [-0.05, 0) is 24.6 Å². The predicted octanol–water partition coefficient (Wildman–Crippen LogP) is 0.888. The van der Waals surface area contributed by atoms with Crippen molar-refractivity contribution in [3.8, 4) is 6.07 Å². The van der Waals surface area contributed by atoms with Crippen molar-refractivity contribution < 1.29 is 14.0 Å². The standard InChI is InChI=1S/C14H14FN3O2/c1-2-17-8-14(20)18(9-13(17)19)7-10-3-4-12(15)11(5-10)6-16/h3-5H,2,7-9H2,1H3. The third-order valence-corrected chi connectivity index (χ3v) is 3.26. The maximum absolute atomic E-state index is 13.2. The van der Waals surface area contributed by atoms with E-state index in [9.17, 15) is 14.0 Å². The number of halogens is 1. The number of carbonyl (C=O) groups excluding carboxylic acids is 2. The number of nitrogens with zero attached hydrogens (tertiary/aromatic N) is 3. The van der Waals surface area contributed by atoms with Crippen molar-refractivity contribution in [1.29, 1.82) is 5.26 Å². The molecule has 1 heterocycles. The molecule has 20 heavy (non-hydrogen) atoms. The van der Waals surface area contributed by atoms with E-state index < -0.39 is 5.82 Å². The van der Waals surface area contributed by atoms with Gasteiger partial charge in [-0.3, -0.25) is 9.59 Å². The van der Waals surface area contributed by atoms with Crippen LogP contribution in [0, 0.1) is 17.1 Å². The number of hydrogen-bond acceptors (Lipinski definition) is 3. The number of nitriles is 1. The number of likely N-dealkylation sites (N-methyl/N-ethyl adjacent to an activating group) is 1. The van der Waals surface area contributed by atoms with E-state index in [1.165, 1.54) is 28.0 Å². The number of hydrogen-bond donors (Lipinski definition) is 0. The molecular weight excluding hydrogens is 261 g/mol. The number of amides is 2. The molecule has 6 heteroatoms. The van der Waals surface area contributed by atoms with Crippen LogP contribution < -0.4 is 0 Å². The molecule has 1 aromatic rings. The largest absolute Gasteiger partial charge is 0.332 e. The van der Waals surface area contributed by atoms with E-state index in [-0.39, 0.29) is 37.0 Å². The summed E-state index contributed by atoms with van der Waals surface area (Å²) in [6.07, 6.45) is 0. The van der Waals surface area contributed by atoms with Gasteiger partial charge in [-0.15, -0.1) is 0 Å². The Morgan fingerprint density at radius 1 is 1.25 bits per heavy atom. The van der Waals surface area contributed by atoms with Crippen LogP contribution in [0.15, 0.2) is 18.2 Å². The normalized spacial score (nSPS) is 15.4. The molecule has 2 amide bonds. The third-order valence-electron chi connectivity index (χ3n) is 3.26. The molecule has 0 aliphatic carbocycles. The lowest BCUT2D eigenvalue weighted by atomic mass is 10.1. The first-order valence-corrected chi connectivity index (χ1v) is 6.29. The molecule has 0 spiro atoms.